The van der Waals surface area contributed by atoms with Gasteiger partial charge in [0.2, 0.25) is 0 Å². The average Bonchev–Trinajstić information content (AvgIpc) is 2.04. The van der Waals surface area contributed by atoms with Crippen molar-refractivity contribution in [1.29, 1.82) is 0 Å². The van der Waals surface area contributed by atoms with Crippen molar-refractivity contribution in [2.45, 2.75) is 44.0 Å². The van der Waals surface area contributed by atoms with E-state index in [4.69, 9.17) is 0 Å². The summed E-state index contributed by atoms with van der Waals surface area (Å²) in [7, 11) is 0. The van der Waals surface area contributed by atoms with Crippen LogP contribution in [0.15, 0.2) is 0 Å². The molecule has 0 radical (unpaired) electrons. The summed E-state index contributed by atoms with van der Waals surface area (Å²) < 4.78 is 0. The Kier molecular flexibility index (Phi) is 2.11. The largest absolute Gasteiger partial charge is 0.377 e. The fourth-order valence-electron chi connectivity index (χ4n) is 2.14. The van der Waals surface area contributed by atoms with Gasteiger partial charge in [-0.1, -0.05) is 12.8 Å². The fraction of sp³-hybridized carbons (Fsp3) is 1.00. The van der Waals surface area contributed by atoms with Crippen LogP contribution in [0, 0.1) is 0 Å². The summed E-state index contributed by atoms with van der Waals surface area (Å²) in [5.41, 5.74) is 0. The van der Waals surface area contributed by atoms with Crippen molar-refractivity contribution in [3.05, 3.63) is 0 Å². The summed E-state index contributed by atoms with van der Waals surface area (Å²) in [6, 6.07) is 1.14. The number of β-amino-alcohol motifs (C(OH)–C–C–N with tert-alkyl or cyclic N) is 1. The highest BCUT2D eigenvalue weighted by Gasteiger charge is 2.29. The van der Waals surface area contributed by atoms with E-state index >= 15 is 0 Å². The predicted octanol–water partition coefficient (Wildman–Crippen LogP) is -0.191. The quantitative estimate of drug-likeness (QED) is 0.455. The van der Waals surface area contributed by atoms with Gasteiger partial charge in [-0.3, -0.25) is 5.32 Å². The van der Waals surface area contributed by atoms with Crippen LogP contribution in [-0.4, -0.2) is 30.0 Å². The predicted molar refractivity (Wildman–Crippen MR) is 43.2 cm³/mol. The molecule has 2 fully saturated rings. The lowest BCUT2D eigenvalue weighted by Crippen LogP contribution is -2.61. The maximum Gasteiger partial charge on any atom is 0.117 e. The molecule has 1 aliphatic carbocycles. The van der Waals surface area contributed by atoms with E-state index in [-0.39, 0.29) is 6.23 Å². The summed E-state index contributed by atoms with van der Waals surface area (Å²) >= 11 is 0. The lowest BCUT2D eigenvalue weighted by atomic mass is 9.89. The molecule has 11 heavy (non-hydrogen) atoms. The third kappa shape index (κ3) is 1.55. The van der Waals surface area contributed by atoms with Crippen molar-refractivity contribution < 1.29 is 5.11 Å². The first-order valence-electron chi connectivity index (χ1n) is 4.54. The van der Waals surface area contributed by atoms with Crippen LogP contribution in [0.1, 0.15) is 25.7 Å². The Hall–Kier alpha value is -0.120. The molecule has 3 N–H and O–H groups in total. The molecule has 3 nitrogen and oxygen atoms in total. The Morgan fingerprint density at radius 2 is 1.82 bits per heavy atom. The standard InChI is InChI=1S/C8H16N2O/c11-8-5-9-6-3-1-2-4-7(6)10-8/h6-11H,1-5H2. The van der Waals surface area contributed by atoms with Gasteiger partial charge in [0.05, 0.1) is 0 Å². The van der Waals surface area contributed by atoms with Gasteiger partial charge < -0.3 is 10.4 Å². The van der Waals surface area contributed by atoms with Crippen molar-refractivity contribution >= 4 is 0 Å². The minimum atomic E-state index is -0.325. The zero-order valence-electron chi connectivity index (χ0n) is 6.71. The number of hydrogen-bond acceptors (Lipinski definition) is 3. The van der Waals surface area contributed by atoms with Crippen molar-refractivity contribution in [3.63, 3.8) is 0 Å². The van der Waals surface area contributed by atoms with Gasteiger partial charge in [0.1, 0.15) is 6.23 Å². The molecule has 0 bridgehead atoms. The number of aliphatic hydroxyl groups excluding tert-OH is 1. The highest BCUT2D eigenvalue weighted by atomic mass is 16.3. The maximum atomic E-state index is 9.27. The molecule has 0 spiro atoms. The molecular formula is C8H16N2O. The van der Waals surface area contributed by atoms with E-state index in [1.807, 2.05) is 0 Å². The Balaban J connectivity index is 1.93. The Labute approximate surface area is 67.2 Å². The SMILES string of the molecule is OC1CNC2CCCCC2N1. The van der Waals surface area contributed by atoms with Crippen LogP contribution >= 0.6 is 0 Å². The van der Waals surface area contributed by atoms with Crippen LogP contribution < -0.4 is 10.6 Å². The second-order valence-electron chi connectivity index (χ2n) is 3.59. The van der Waals surface area contributed by atoms with Gasteiger partial charge in [0.15, 0.2) is 0 Å². The highest BCUT2D eigenvalue weighted by Crippen LogP contribution is 2.20. The normalized spacial score (nSPS) is 45.0. The monoisotopic (exact) mass is 156 g/mol. The van der Waals surface area contributed by atoms with E-state index in [9.17, 15) is 5.11 Å². The molecule has 64 valence electrons. The number of aliphatic hydroxyl groups is 1. The average molecular weight is 156 g/mol. The third-order valence-electron chi connectivity index (χ3n) is 2.75. The summed E-state index contributed by atoms with van der Waals surface area (Å²) in [5.74, 6) is 0. The Morgan fingerprint density at radius 3 is 2.64 bits per heavy atom. The van der Waals surface area contributed by atoms with E-state index in [0.29, 0.717) is 18.6 Å². The van der Waals surface area contributed by atoms with Crippen LogP contribution in [0.2, 0.25) is 0 Å². The number of nitrogens with one attached hydrogen (secondary N) is 2. The molecule has 3 atom stereocenters. The first-order chi connectivity index (χ1) is 5.36. The molecule has 1 heterocycles. The van der Waals surface area contributed by atoms with Gasteiger partial charge in [-0.25, -0.2) is 0 Å². The fourth-order valence-corrected chi connectivity index (χ4v) is 2.14. The summed E-state index contributed by atoms with van der Waals surface area (Å²) in [6.45, 7) is 0.709. The molecule has 1 aliphatic heterocycles. The molecule has 0 aromatic heterocycles. The first kappa shape index (κ1) is 7.53. The van der Waals surface area contributed by atoms with Gasteiger partial charge in [-0.15, -0.1) is 0 Å². The molecule has 2 rings (SSSR count). The van der Waals surface area contributed by atoms with Gasteiger partial charge >= 0.3 is 0 Å². The maximum absolute atomic E-state index is 9.27. The van der Waals surface area contributed by atoms with Crippen LogP contribution in [0.3, 0.4) is 0 Å². The zero-order chi connectivity index (χ0) is 7.68. The number of piperazine rings is 1. The Bertz CT molecular complexity index is 140. The van der Waals surface area contributed by atoms with E-state index in [2.05, 4.69) is 10.6 Å². The van der Waals surface area contributed by atoms with Crippen molar-refractivity contribution in [2.24, 2.45) is 0 Å². The Morgan fingerprint density at radius 1 is 1.09 bits per heavy atom. The van der Waals surface area contributed by atoms with Crippen molar-refractivity contribution in [3.8, 4) is 0 Å². The minimum Gasteiger partial charge on any atom is -0.377 e. The van der Waals surface area contributed by atoms with Crippen molar-refractivity contribution in [1.82, 2.24) is 10.6 Å². The number of rotatable bonds is 0. The number of fused-ring (bicyclic) bond motifs is 1. The topological polar surface area (TPSA) is 44.3 Å². The van der Waals surface area contributed by atoms with Crippen LogP contribution in [0.4, 0.5) is 0 Å². The summed E-state index contributed by atoms with van der Waals surface area (Å²) in [4.78, 5) is 0. The molecule has 3 unspecified atom stereocenters. The minimum absolute atomic E-state index is 0.325. The first-order valence-corrected chi connectivity index (χ1v) is 4.54. The van der Waals surface area contributed by atoms with E-state index in [1.54, 1.807) is 0 Å². The second-order valence-corrected chi connectivity index (χ2v) is 3.59. The molecule has 0 amide bonds. The lowest BCUT2D eigenvalue weighted by molar-refractivity contribution is 0.0654. The van der Waals surface area contributed by atoms with E-state index < -0.39 is 0 Å². The summed E-state index contributed by atoms with van der Waals surface area (Å²) in [6.07, 6.45) is 4.81. The second kappa shape index (κ2) is 3.09. The van der Waals surface area contributed by atoms with E-state index in [1.165, 1.54) is 25.7 Å². The zero-order valence-corrected chi connectivity index (χ0v) is 6.71. The molecule has 3 heteroatoms. The van der Waals surface area contributed by atoms with Gasteiger partial charge in [0.25, 0.3) is 0 Å². The smallest absolute Gasteiger partial charge is 0.117 e. The van der Waals surface area contributed by atoms with Gasteiger partial charge in [-0.05, 0) is 12.8 Å². The van der Waals surface area contributed by atoms with Gasteiger partial charge in [-0.2, -0.15) is 0 Å². The molecule has 0 aromatic rings. The number of hydrogen-bond donors (Lipinski definition) is 3. The third-order valence-corrected chi connectivity index (χ3v) is 2.75. The molecule has 0 aromatic carbocycles. The molecule has 2 aliphatic rings. The van der Waals surface area contributed by atoms with E-state index in [0.717, 1.165) is 0 Å². The highest BCUT2D eigenvalue weighted by molar-refractivity contribution is 4.90. The molecular weight excluding hydrogens is 140 g/mol. The molecule has 1 saturated heterocycles. The van der Waals surface area contributed by atoms with Crippen LogP contribution in [0.25, 0.3) is 0 Å². The molecule has 1 saturated carbocycles. The summed E-state index contributed by atoms with van der Waals surface area (Å²) in [5, 5.41) is 15.8. The van der Waals surface area contributed by atoms with Crippen molar-refractivity contribution in [2.75, 3.05) is 6.54 Å². The van der Waals surface area contributed by atoms with Crippen LogP contribution in [-0.2, 0) is 0 Å². The van der Waals surface area contributed by atoms with Gasteiger partial charge in [0, 0.05) is 18.6 Å². The lowest BCUT2D eigenvalue weighted by Gasteiger charge is -2.39. The van der Waals surface area contributed by atoms with Crippen LogP contribution in [0.5, 0.6) is 0 Å².